The molecule has 0 atom stereocenters. The zero-order chi connectivity index (χ0) is 12.0. The molecule has 3 rings (SSSR count). The fourth-order valence-corrected chi connectivity index (χ4v) is 3.04. The van der Waals surface area contributed by atoms with Crippen LogP contribution in [0.1, 0.15) is 0 Å². The van der Waals surface area contributed by atoms with Crippen LogP contribution in [0.15, 0.2) is 27.4 Å². The van der Waals surface area contributed by atoms with E-state index in [1.807, 2.05) is 11.4 Å². The third-order valence-electron chi connectivity index (χ3n) is 2.36. The van der Waals surface area contributed by atoms with Gasteiger partial charge in [-0.05, 0) is 34.1 Å². The Hall–Kier alpha value is -0.550. The Bertz CT molecular complexity index is 666. The lowest BCUT2D eigenvalue weighted by molar-refractivity contribution is 1.35. The van der Waals surface area contributed by atoms with Gasteiger partial charge >= 0.3 is 0 Å². The van der Waals surface area contributed by atoms with Crippen LogP contribution >= 0.6 is 50.5 Å². The molecule has 0 amide bonds. The molecule has 86 valence electrons. The predicted molar refractivity (Wildman–Crippen MR) is 77.1 cm³/mol. The number of hydrogen-bond donors (Lipinski definition) is 1. The van der Waals surface area contributed by atoms with E-state index in [1.165, 1.54) is 0 Å². The minimum atomic E-state index is 0.517. The summed E-state index contributed by atoms with van der Waals surface area (Å²) in [5.74, 6) is 0.820. The number of hydrogen-bond acceptors (Lipinski definition) is 2. The highest BCUT2D eigenvalue weighted by molar-refractivity contribution is 9.11. The van der Waals surface area contributed by atoms with Crippen LogP contribution < -0.4 is 0 Å². The smallest absolute Gasteiger partial charge is 0.139 e. The second-order valence-electron chi connectivity index (χ2n) is 3.51. The van der Waals surface area contributed by atoms with Crippen molar-refractivity contribution in [2.75, 3.05) is 0 Å². The molecule has 1 N–H and O–H groups in total. The largest absolute Gasteiger partial charge is 0.338 e. The first-order valence-corrected chi connectivity index (χ1v) is 7.15. The summed E-state index contributed by atoms with van der Waals surface area (Å²) in [6, 6.07) is 5.57. The van der Waals surface area contributed by atoms with Crippen molar-refractivity contribution >= 4 is 61.5 Å². The molecule has 6 heteroatoms. The molecule has 0 spiro atoms. The van der Waals surface area contributed by atoms with Crippen molar-refractivity contribution in [2.45, 2.75) is 0 Å². The summed E-state index contributed by atoms with van der Waals surface area (Å²) in [6.07, 6.45) is 0. The van der Waals surface area contributed by atoms with E-state index < -0.39 is 0 Å². The Labute approximate surface area is 120 Å². The SMILES string of the molecule is Clc1cc2nc(-c3csc(Br)c3)[nH]c2cc1Cl. The summed E-state index contributed by atoms with van der Waals surface area (Å²) < 4.78 is 1.07. The van der Waals surface area contributed by atoms with E-state index in [0.717, 1.165) is 26.2 Å². The molecule has 0 aliphatic heterocycles. The van der Waals surface area contributed by atoms with E-state index in [2.05, 4.69) is 25.9 Å². The van der Waals surface area contributed by atoms with Crippen LogP contribution in [0.2, 0.25) is 10.0 Å². The summed E-state index contributed by atoms with van der Waals surface area (Å²) in [5, 5.41) is 3.08. The second-order valence-corrected chi connectivity index (χ2v) is 6.61. The van der Waals surface area contributed by atoms with Crippen molar-refractivity contribution in [2.24, 2.45) is 0 Å². The van der Waals surface area contributed by atoms with Gasteiger partial charge in [-0.25, -0.2) is 4.98 Å². The van der Waals surface area contributed by atoms with Gasteiger partial charge in [-0.15, -0.1) is 11.3 Å². The van der Waals surface area contributed by atoms with E-state index in [0.29, 0.717) is 10.0 Å². The van der Waals surface area contributed by atoms with Crippen molar-refractivity contribution in [3.63, 3.8) is 0 Å². The molecule has 2 aromatic heterocycles. The summed E-state index contributed by atoms with van der Waals surface area (Å²) in [4.78, 5) is 7.71. The minimum Gasteiger partial charge on any atom is -0.338 e. The zero-order valence-corrected chi connectivity index (χ0v) is 12.2. The van der Waals surface area contributed by atoms with Crippen molar-refractivity contribution < 1.29 is 0 Å². The molecular formula is C11H5BrCl2N2S. The Morgan fingerprint density at radius 1 is 1.18 bits per heavy atom. The third kappa shape index (κ3) is 2.10. The number of rotatable bonds is 1. The maximum atomic E-state index is 5.96. The lowest BCUT2D eigenvalue weighted by Crippen LogP contribution is -1.74. The third-order valence-corrected chi connectivity index (χ3v) is 4.59. The molecule has 0 aliphatic rings. The van der Waals surface area contributed by atoms with Gasteiger partial charge in [0.1, 0.15) is 5.82 Å². The lowest BCUT2D eigenvalue weighted by Gasteiger charge is -1.93. The number of aromatic nitrogens is 2. The fourth-order valence-electron chi connectivity index (χ4n) is 1.58. The Morgan fingerprint density at radius 3 is 2.65 bits per heavy atom. The van der Waals surface area contributed by atoms with Crippen LogP contribution in [-0.2, 0) is 0 Å². The van der Waals surface area contributed by atoms with Crippen molar-refractivity contribution in [1.29, 1.82) is 0 Å². The van der Waals surface area contributed by atoms with E-state index >= 15 is 0 Å². The van der Waals surface area contributed by atoms with Crippen molar-refractivity contribution in [3.8, 4) is 11.4 Å². The fraction of sp³-hybridized carbons (Fsp3) is 0. The molecule has 0 bridgehead atoms. The normalized spacial score (nSPS) is 11.2. The second kappa shape index (κ2) is 4.28. The predicted octanol–water partition coefficient (Wildman–Crippen LogP) is 5.36. The number of benzene rings is 1. The van der Waals surface area contributed by atoms with Gasteiger partial charge in [0, 0.05) is 10.9 Å². The van der Waals surface area contributed by atoms with E-state index in [4.69, 9.17) is 23.2 Å². The van der Waals surface area contributed by atoms with Crippen LogP contribution in [0.3, 0.4) is 0 Å². The molecule has 17 heavy (non-hydrogen) atoms. The van der Waals surface area contributed by atoms with Gasteiger partial charge in [-0.1, -0.05) is 23.2 Å². The van der Waals surface area contributed by atoms with E-state index in [1.54, 1.807) is 23.5 Å². The van der Waals surface area contributed by atoms with Gasteiger partial charge in [0.25, 0.3) is 0 Å². The number of H-pyrrole nitrogens is 1. The molecule has 2 nitrogen and oxygen atoms in total. The van der Waals surface area contributed by atoms with Gasteiger partial charge < -0.3 is 4.98 Å². The van der Waals surface area contributed by atoms with Gasteiger partial charge in [0.15, 0.2) is 0 Å². The summed E-state index contributed by atoms with van der Waals surface area (Å²) in [5.41, 5.74) is 2.75. The Morgan fingerprint density at radius 2 is 1.94 bits per heavy atom. The maximum absolute atomic E-state index is 5.96. The van der Waals surface area contributed by atoms with Crippen LogP contribution in [0.25, 0.3) is 22.4 Å². The number of aromatic amines is 1. The number of thiophene rings is 1. The topological polar surface area (TPSA) is 28.7 Å². The number of imidazole rings is 1. The molecule has 2 heterocycles. The summed E-state index contributed by atoms with van der Waals surface area (Å²) in [7, 11) is 0. The monoisotopic (exact) mass is 346 g/mol. The first-order valence-electron chi connectivity index (χ1n) is 4.72. The maximum Gasteiger partial charge on any atom is 0.139 e. The van der Waals surface area contributed by atoms with Gasteiger partial charge in [0.2, 0.25) is 0 Å². The molecule has 1 aromatic carbocycles. The molecule has 0 saturated heterocycles. The van der Waals surface area contributed by atoms with Crippen molar-refractivity contribution in [1.82, 2.24) is 9.97 Å². The molecule has 0 unspecified atom stereocenters. The summed E-state index contributed by atoms with van der Waals surface area (Å²) >= 11 is 17.0. The number of nitrogens with one attached hydrogen (secondary N) is 1. The van der Waals surface area contributed by atoms with Crippen LogP contribution in [0, 0.1) is 0 Å². The highest BCUT2D eigenvalue weighted by Gasteiger charge is 2.09. The quantitative estimate of drug-likeness (QED) is 0.630. The number of halogens is 3. The standard InChI is InChI=1S/C11H5BrCl2N2S/c12-10-1-5(4-17-10)11-15-8-2-6(13)7(14)3-9(8)16-11/h1-4H,(H,15,16). The average Bonchev–Trinajstić information content (AvgIpc) is 2.85. The van der Waals surface area contributed by atoms with Gasteiger partial charge in [-0.2, -0.15) is 0 Å². The summed E-state index contributed by atoms with van der Waals surface area (Å²) in [6.45, 7) is 0. The number of fused-ring (bicyclic) bond motifs is 1. The first kappa shape index (κ1) is 11.5. The van der Waals surface area contributed by atoms with Crippen molar-refractivity contribution in [3.05, 3.63) is 37.4 Å². The number of nitrogens with zero attached hydrogens (tertiary/aromatic N) is 1. The molecule has 3 aromatic rings. The van der Waals surface area contributed by atoms with E-state index in [-0.39, 0.29) is 0 Å². The molecule has 0 saturated carbocycles. The highest BCUT2D eigenvalue weighted by atomic mass is 79.9. The highest BCUT2D eigenvalue weighted by Crippen LogP contribution is 2.31. The molecule has 0 radical (unpaired) electrons. The van der Waals surface area contributed by atoms with Gasteiger partial charge in [0.05, 0.1) is 24.9 Å². The molecule has 0 aliphatic carbocycles. The van der Waals surface area contributed by atoms with Crippen LogP contribution in [0.4, 0.5) is 0 Å². The Balaban J connectivity index is 2.19. The average molecular weight is 348 g/mol. The van der Waals surface area contributed by atoms with Crippen LogP contribution in [0.5, 0.6) is 0 Å². The Kier molecular flexibility index (Phi) is 2.91. The van der Waals surface area contributed by atoms with Gasteiger partial charge in [-0.3, -0.25) is 0 Å². The molecular weight excluding hydrogens is 343 g/mol. The van der Waals surface area contributed by atoms with E-state index in [9.17, 15) is 0 Å². The van der Waals surface area contributed by atoms with Crippen LogP contribution in [-0.4, -0.2) is 9.97 Å². The lowest BCUT2D eigenvalue weighted by atomic mass is 10.3. The first-order chi connectivity index (χ1) is 8.13. The zero-order valence-electron chi connectivity index (χ0n) is 8.30. The minimum absolute atomic E-state index is 0.517. The molecule has 0 fully saturated rings.